The van der Waals surface area contributed by atoms with Crippen molar-refractivity contribution in [1.29, 1.82) is 0 Å². The second-order valence-electron chi connectivity index (χ2n) is 10.7. The van der Waals surface area contributed by atoms with Gasteiger partial charge in [-0.3, -0.25) is 14.4 Å². The number of carbonyl (C=O) groups is 3. The van der Waals surface area contributed by atoms with Crippen molar-refractivity contribution in [3.05, 3.63) is 35.5 Å². The molecule has 0 radical (unpaired) electrons. The van der Waals surface area contributed by atoms with Crippen LogP contribution in [-0.4, -0.2) is 63.8 Å². The van der Waals surface area contributed by atoms with Gasteiger partial charge in [-0.15, -0.1) is 0 Å². The van der Waals surface area contributed by atoms with E-state index in [0.29, 0.717) is 42.7 Å². The fraction of sp³-hybridized carbons (Fsp3) is 0.607. The third kappa shape index (κ3) is 5.50. The molecule has 1 saturated heterocycles. The number of nitrogens with zero attached hydrogens (tertiary/aromatic N) is 3. The van der Waals surface area contributed by atoms with Gasteiger partial charge in [-0.05, 0) is 44.2 Å². The lowest BCUT2D eigenvalue weighted by Crippen LogP contribution is -2.61. The highest BCUT2D eigenvalue weighted by Gasteiger charge is 2.38. The maximum absolute atomic E-state index is 13.8. The third-order valence-corrected chi connectivity index (χ3v) is 8.25. The highest BCUT2D eigenvalue weighted by Crippen LogP contribution is 2.29. The van der Waals surface area contributed by atoms with E-state index in [1.165, 1.54) is 0 Å². The first kappa shape index (κ1) is 27.1. The minimum atomic E-state index is -0.957. The van der Waals surface area contributed by atoms with Crippen molar-refractivity contribution in [2.75, 3.05) is 19.6 Å². The van der Waals surface area contributed by atoms with Gasteiger partial charge in [0.1, 0.15) is 11.7 Å². The highest BCUT2D eigenvalue weighted by atomic mass is 19.2. The zero-order chi connectivity index (χ0) is 26.9. The SMILES string of the molecule is CC[C@@H](C)C(=O)N[C@H](C(=O)N1CCN(C(=O)c2cc3cc(F)c(F)cc3n2C)C[C@H]1C)C1CCCCC1. The van der Waals surface area contributed by atoms with Gasteiger partial charge in [-0.1, -0.05) is 33.1 Å². The molecule has 7 nitrogen and oxygen atoms in total. The highest BCUT2D eigenvalue weighted by molar-refractivity contribution is 5.99. The van der Waals surface area contributed by atoms with Gasteiger partial charge < -0.3 is 19.7 Å². The molecule has 0 bridgehead atoms. The minimum absolute atomic E-state index is 0.0706. The van der Waals surface area contributed by atoms with E-state index in [4.69, 9.17) is 0 Å². The number of hydrogen-bond acceptors (Lipinski definition) is 3. The maximum atomic E-state index is 13.8. The van der Waals surface area contributed by atoms with Gasteiger partial charge in [0, 0.05) is 50.1 Å². The summed E-state index contributed by atoms with van der Waals surface area (Å²) >= 11 is 0. The van der Waals surface area contributed by atoms with Crippen molar-refractivity contribution in [3.63, 3.8) is 0 Å². The summed E-state index contributed by atoms with van der Waals surface area (Å²) in [6, 6.07) is 2.99. The predicted molar refractivity (Wildman–Crippen MR) is 138 cm³/mol. The largest absolute Gasteiger partial charge is 0.344 e. The van der Waals surface area contributed by atoms with Crippen LogP contribution in [0.25, 0.3) is 10.9 Å². The smallest absolute Gasteiger partial charge is 0.270 e. The summed E-state index contributed by atoms with van der Waals surface area (Å²) in [6.45, 7) is 6.80. The van der Waals surface area contributed by atoms with Gasteiger partial charge in [0.05, 0.1) is 5.52 Å². The zero-order valence-corrected chi connectivity index (χ0v) is 22.2. The molecule has 3 atom stereocenters. The molecule has 1 aliphatic heterocycles. The number of amides is 3. The lowest BCUT2D eigenvalue weighted by molar-refractivity contribution is -0.142. The molecule has 2 heterocycles. The second-order valence-corrected chi connectivity index (χ2v) is 10.7. The first-order chi connectivity index (χ1) is 17.6. The van der Waals surface area contributed by atoms with Gasteiger partial charge in [-0.25, -0.2) is 8.78 Å². The number of fused-ring (bicyclic) bond motifs is 1. The van der Waals surface area contributed by atoms with E-state index in [2.05, 4.69) is 5.32 Å². The molecule has 9 heteroatoms. The van der Waals surface area contributed by atoms with E-state index in [1.54, 1.807) is 27.5 Å². The van der Waals surface area contributed by atoms with E-state index in [9.17, 15) is 23.2 Å². The van der Waals surface area contributed by atoms with Crippen molar-refractivity contribution in [2.45, 2.75) is 71.4 Å². The molecule has 1 aromatic heterocycles. The van der Waals surface area contributed by atoms with E-state index >= 15 is 0 Å². The van der Waals surface area contributed by atoms with Crippen molar-refractivity contribution >= 4 is 28.6 Å². The molecular weight excluding hydrogens is 478 g/mol. The Hall–Kier alpha value is -2.97. The summed E-state index contributed by atoms with van der Waals surface area (Å²) in [6.07, 6.45) is 5.83. The van der Waals surface area contributed by atoms with Crippen molar-refractivity contribution in [3.8, 4) is 0 Å². The van der Waals surface area contributed by atoms with Crippen LogP contribution in [0.5, 0.6) is 0 Å². The Morgan fingerprint density at radius 2 is 1.73 bits per heavy atom. The molecule has 0 spiro atoms. The van der Waals surface area contributed by atoms with Crippen LogP contribution in [0, 0.1) is 23.5 Å². The predicted octanol–water partition coefficient (Wildman–Crippen LogP) is 4.24. The van der Waals surface area contributed by atoms with Crippen LogP contribution in [0.4, 0.5) is 8.78 Å². The number of hydrogen-bond donors (Lipinski definition) is 1. The summed E-state index contributed by atoms with van der Waals surface area (Å²) < 4.78 is 29.0. The van der Waals surface area contributed by atoms with Gasteiger partial charge in [-0.2, -0.15) is 0 Å². The molecule has 1 aliphatic carbocycles. The lowest BCUT2D eigenvalue weighted by Gasteiger charge is -2.43. The van der Waals surface area contributed by atoms with Crippen LogP contribution in [0.3, 0.4) is 0 Å². The zero-order valence-electron chi connectivity index (χ0n) is 22.2. The molecule has 2 aliphatic rings. The number of piperazine rings is 1. The lowest BCUT2D eigenvalue weighted by atomic mass is 9.82. The molecule has 1 aromatic carbocycles. The first-order valence-corrected chi connectivity index (χ1v) is 13.5. The summed E-state index contributed by atoms with van der Waals surface area (Å²) in [5.74, 6) is -2.35. The normalized spacial score (nSPS) is 20.6. The molecule has 1 N–H and O–H groups in total. The van der Waals surface area contributed by atoms with Crippen LogP contribution in [0.2, 0.25) is 0 Å². The maximum Gasteiger partial charge on any atom is 0.270 e. The summed E-state index contributed by atoms with van der Waals surface area (Å²) in [5, 5.41) is 3.53. The quantitative estimate of drug-likeness (QED) is 0.624. The average Bonchev–Trinajstić information content (AvgIpc) is 3.21. The molecule has 2 aromatic rings. The Morgan fingerprint density at radius 1 is 1.05 bits per heavy atom. The van der Waals surface area contributed by atoms with E-state index < -0.39 is 17.7 Å². The number of rotatable bonds is 6. The Kier molecular flexibility index (Phi) is 8.19. The molecule has 0 unspecified atom stereocenters. The Labute approximate surface area is 217 Å². The Morgan fingerprint density at radius 3 is 2.38 bits per heavy atom. The summed E-state index contributed by atoms with van der Waals surface area (Å²) in [5.41, 5.74) is 0.782. The van der Waals surface area contributed by atoms with Crippen LogP contribution >= 0.6 is 0 Å². The molecule has 202 valence electrons. The van der Waals surface area contributed by atoms with Gasteiger partial charge in [0.15, 0.2) is 11.6 Å². The number of halogens is 2. The van der Waals surface area contributed by atoms with Crippen LogP contribution in [-0.2, 0) is 16.6 Å². The molecule has 2 fully saturated rings. The standard InChI is InChI=1S/C28H38F2N4O3/c1-5-17(2)26(35)31-25(19-9-7-6-8-10-19)28(37)34-12-11-33(16-18(34)3)27(36)24-14-20-13-21(29)22(30)15-23(20)32(24)4/h13-15,17-19,25H,5-12,16H2,1-4H3,(H,31,35)/t17-,18-,25+/m1/s1. The Bertz CT molecular complexity index is 1170. The number of carbonyl (C=O) groups excluding carboxylic acids is 3. The van der Waals surface area contributed by atoms with Crippen LogP contribution in [0.15, 0.2) is 18.2 Å². The monoisotopic (exact) mass is 516 g/mol. The van der Waals surface area contributed by atoms with Gasteiger partial charge in [0.2, 0.25) is 11.8 Å². The minimum Gasteiger partial charge on any atom is -0.344 e. The molecular formula is C28H38F2N4O3. The summed E-state index contributed by atoms with van der Waals surface area (Å²) in [7, 11) is 1.66. The van der Waals surface area contributed by atoms with E-state index in [0.717, 1.165) is 44.2 Å². The fourth-order valence-electron chi connectivity index (χ4n) is 5.68. The second kappa shape index (κ2) is 11.2. The topological polar surface area (TPSA) is 74.7 Å². The number of aryl methyl sites for hydroxylation is 1. The van der Waals surface area contributed by atoms with Crippen molar-refractivity contribution in [1.82, 2.24) is 19.7 Å². The van der Waals surface area contributed by atoms with Crippen molar-refractivity contribution in [2.24, 2.45) is 18.9 Å². The average molecular weight is 517 g/mol. The molecule has 3 amide bonds. The molecule has 37 heavy (non-hydrogen) atoms. The molecule has 4 rings (SSSR count). The van der Waals surface area contributed by atoms with Crippen LogP contribution < -0.4 is 5.32 Å². The van der Waals surface area contributed by atoms with Crippen LogP contribution in [0.1, 0.15) is 69.8 Å². The fourth-order valence-corrected chi connectivity index (χ4v) is 5.68. The van der Waals surface area contributed by atoms with Gasteiger partial charge in [0.25, 0.3) is 5.91 Å². The Balaban J connectivity index is 1.49. The van der Waals surface area contributed by atoms with Gasteiger partial charge >= 0.3 is 0 Å². The number of benzene rings is 1. The molecule has 1 saturated carbocycles. The van der Waals surface area contributed by atoms with E-state index in [-0.39, 0.29) is 35.6 Å². The summed E-state index contributed by atoms with van der Waals surface area (Å²) in [4.78, 5) is 43.4. The third-order valence-electron chi connectivity index (χ3n) is 8.25. The van der Waals surface area contributed by atoms with Crippen molar-refractivity contribution < 1.29 is 23.2 Å². The number of aromatic nitrogens is 1. The first-order valence-electron chi connectivity index (χ1n) is 13.5. The number of nitrogens with one attached hydrogen (secondary N) is 1. The van der Waals surface area contributed by atoms with E-state index in [1.807, 2.05) is 20.8 Å².